The molecule has 0 aliphatic carbocycles. The molecule has 2 aromatic rings. The van der Waals surface area contributed by atoms with Gasteiger partial charge in [0, 0.05) is 6.54 Å². The van der Waals surface area contributed by atoms with Crippen molar-refractivity contribution in [2.75, 3.05) is 13.2 Å². The van der Waals surface area contributed by atoms with Gasteiger partial charge in [0.1, 0.15) is 0 Å². The normalized spacial score (nSPS) is 11.0. The molecule has 0 aromatic heterocycles. The van der Waals surface area contributed by atoms with Gasteiger partial charge in [-0.25, -0.2) is 4.79 Å². The summed E-state index contributed by atoms with van der Waals surface area (Å²) in [6.45, 7) is -0.0449. The Hall–Kier alpha value is -2.83. The quantitative estimate of drug-likeness (QED) is 0.602. The van der Waals surface area contributed by atoms with Crippen molar-refractivity contribution in [2.24, 2.45) is 0 Å². The highest BCUT2D eigenvalue weighted by molar-refractivity contribution is 5.91. The van der Waals surface area contributed by atoms with Crippen molar-refractivity contribution in [1.29, 1.82) is 0 Å². The Bertz CT molecular complexity index is 728. The maximum absolute atomic E-state index is 12.5. The lowest BCUT2D eigenvalue weighted by Gasteiger charge is -2.08. The molecule has 0 aliphatic heterocycles. The van der Waals surface area contributed by atoms with Gasteiger partial charge in [0.25, 0.3) is 5.91 Å². The Kier molecular flexibility index (Phi) is 6.77. The zero-order chi connectivity index (χ0) is 19.0. The predicted molar refractivity (Wildman–Crippen MR) is 89.5 cm³/mol. The molecule has 0 saturated heterocycles. The monoisotopic (exact) mass is 365 g/mol. The Morgan fingerprint density at radius 2 is 1.62 bits per heavy atom. The molecule has 7 heteroatoms. The largest absolute Gasteiger partial charge is 0.452 e. The van der Waals surface area contributed by atoms with Crippen LogP contribution in [0.5, 0.6) is 0 Å². The van der Waals surface area contributed by atoms with Crippen LogP contribution in [0.2, 0.25) is 0 Å². The van der Waals surface area contributed by atoms with Gasteiger partial charge < -0.3 is 10.1 Å². The van der Waals surface area contributed by atoms with Crippen LogP contribution in [0.4, 0.5) is 13.2 Å². The van der Waals surface area contributed by atoms with E-state index in [1.165, 1.54) is 0 Å². The number of alkyl halides is 3. The van der Waals surface area contributed by atoms with E-state index >= 15 is 0 Å². The number of rotatable bonds is 7. The van der Waals surface area contributed by atoms with E-state index < -0.39 is 30.2 Å². The third-order valence-electron chi connectivity index (χ3n) is 3.59. The van der Waals surface area contributed by atoms with E-state index in [-0.39, 0.29) is 5.56 Å². The molecule has 0 atom stereocenters. The van der Waals surface area contributed by atoms with Crippen LogP contribution in [0, 0.1) is 0 Å². The number of amides is 1. The standard InChI is InChI=1S/C19H18F3NO3/c20-19(21,22)16-10-8-15(9-11-16)18(25)26-13-17(24)23-12-4-7-14-5-2-1-3-6-14/h1-3,5-6,8-11H,4,7,12-13H2,(H,23,24). The summed E-state index contributed by atoms with van der Waals surface area (Å²) in [5.41, 5.74) is 0.260. The van der Waals surface area contributed by atoms with Gasteiger partial charge in [0.2, 0.25) is 0 Å². The third-order valence-corrected chi connectivity index (χ3v) is 3.59. The summed E-state index contributed by atoms with van der Waals surface area (Å²) >= 11 is 0. The highest BCUT2D eigenvalue weighted by atomic mass is 19.4. The van der Waals surface area contributed by atoms with Crippen LogP contribution in [0.1, 0.15) is 27.9 Å². The van der Waals surface area contributed by atoms with E-state index in [9.17, 15) is 22.8 Å². The van der Waals surface area contributed by atoms with Crippen molar-refractivity contribution in [1.82, 2.24) is 5.32 Å². The summed E-state index contributed by atoms with van der Waals surface area (Å²) in [6.07, 6.45) is -2.92. The fourth-order valence-electron chi connectivity index (χ4n) is 2.23. The van der Waals surface area contributed by atoms with Crippen LogP contribution in [0.25, 0.3) is 0 Å². The van der Waals surface area contributed by atoms with Crippen LogP contribution >= 0.6 is 0 Å². The average Bonchev–Trinajstić information content (AvgIpc) is 2.63. The van der Waals surface area contributed by atoms with Gasteiger partial charge >= 0.3 is 12.1 Å². The number of hydrogen-bond acceptors (Lipinski definition) is 3. The number of carbonyl (C=O) groups excluding carboxylic acids is 2. The summed E-state index contributed by atoms with van der Waals surface area (Å²) in [4.78, 5) is 23.4. The minimum Gasteiger partial charge on any atom is -0.452 e. The summed E-state index contributed by atoms with van der Waals surface area (Å²) in [5.74, 6) is -1.31. The molecule has 0 saturated carbocycles. The van der Waals surface area contributed by atoms with Crippen molar-refractivity contribution < 1.29 is 27.5 Å². The molecule has 0 aliphatic rings. The fourth-order valence-corrected chi connectivity index (χ4v) is 2.23. The zero-order valence-electron chi connectivity index (χ0n) is 13.9. The van der Waals surface area contributed by atoms with E-state index in [1.54, 1.807) is 0 Å². The Balaban J connectivity index is 1.69. The Morgan fingerprint density at radius 3 is 2.23 bits per heavy atom. The first-order valence-electron chi connectivity index (χ1n) is 8.01. The highest BCUT2D eigenvalue weighted by Crippen LogP contribution is 2.29. The van der Waals surface area contributed by atoms with E-state index in [2.05, 4.69) is 5.32 Å². The second-order valence-electron chi connectivity index (χ2n) is 5.59. The molecule has 1 amide bonds. The molecule has 0 spiro atoms. The molecular formula is C19H18F3NO3. The highest BCUT2D eigenvalue weighted by Gasteiger charge is 2.30. The number of esters is 1. The Labute approximate surface area is 149 Å². The maximum atomic E-state index is 12.5. The molecule has 4 nitrogen and oxygen atoms in total. The number of ether oxygens (including phenoxy) is 1. The van der Waals surface area contributed by atoms with Gasteiger partial charge in [-0.1, -0.05) is 30.3 Å². The van der Waals surface area contributed by atoms with E-state index in [0.717, 1.165) is 42.7 Å². The van der Waals surface area contributed by atoms with Crippen LogP contribution < -0.4 is 5.32 Å². The summed E-state index contributed by atoms with van der Waals surface area (Å²) in [6, 6.07) is 13.4. The predicted octanol–water partition coefficient (Wildman–Crippen LogP) is 3.61. The van der Waals surface area contributed by atoms with Gasteiger partial charge in [0.05, 0.1) is 11.1 Å². The van der Waals surface area contributed by atoms with Crippen LogP contribution in [-0.2, 0) is 22.1 Å². The minimum absolute atomic E-state index is 0.0464. The molecule has 2 aromatic carbocycles. The SMILES string of the molecule is O=C(COC(=O)c1ccc(C(F)(F)F)cc1)NCCCc1ccccc1. The van der Waals surface area contributed by atoms with Crippen LogP contribution in [0.15, 0.2) is 54.6 Å². The van der Waals surface area contributed by atoms with Crippen molar-refractivity contribution in [3.05, 3.63) is 71.3 Å². The van der Waals surface area contributed by atoms with Crippen molar-refractivity contribution in [2.45, 2.75) is 19.0 Å². The molecule has 0 radical (unpaired) electrons. The maximum Gasteiger partial charge on any atom is 0.416 e. The number of carbonyl (C=O) groups is 2. The number of halogens is 3. The van der Waals surface area contributed by atoms with Gasteiger partial charge in [-0.15, -0.1) is 0 Å². The first-order valence-corrected chi connectivity index (χ1v) is 8.01. The van der Waals surface area contributed by atoms with Crippen LogP contribution in [0.3, 0.4) is 0 Å². The Morgan fingerprint density at radius 1 is 0.962 bits per heavy atom. The number of aryl methyl sites for hydroxylation is 1. The van der Waals surface area contributed by atoms with Gasteiger partial charge in [-0.2, -0.15) is 13.2 Å². The first kappa shape index (κ1) is 19.5. The lowest BCUT2D eigenvalue weighted by atomic mass is 10.1. The number of nitrogens with one attached hydrogen (secondary N) is 1. The molecule has 0 fully saturated rings. The summed E-state index contributed by atoms with van der Waals surface area (Å²) in [5, 5.41) is 2.62. The van der Waals surface area contributed by atoms with Gasteiger partial charge in [-0.3, -0.25) is 4.79 Å². The molecule has 0 bridgehead atoms. The fraction of sp³-hybridized carbons (Fsp3) is 0.263. The average molecular weight is 365 g/mol. The topological polar surface area (TPSA) is 55.4 Å². The number of benzene rings is 2. The minimum atomic E-state index is -4.47. The van der Waals surface area contributed by atoms with Gasteiger partial charge in [-0.05, 0) is 42.7 Å². The van der Waals surface area contributed by atoms with E-state index in [1.807, 2.05) is 30.3 Å². The second-order valence-corrected chi connectivity index (χ2v) is 5.59. The smallest absolute Gasteiger partial charge is 0.416 e. The first-order chi connectivity index (χ1) is 12.4. The van der Waals surface area contributed by atoms with Gasteiger partial charge in [0.15, 0.2) is 6.61 Å². The van der Waals surface area contributed by atoms with Crippen LogP contribution in [-0.4, -0.2) is 25.0 Å². The van der Waals surface area contributed by atoms with Crippen molar-refractivity contribution >= 4 is 11.9 Å². The molecule has 26 heavy (non-hydrogen) atoms. The molecule has 138 valence electrons. The molecule has 0 unspecified atom stereocenters. The van der Waals surface area contributed by atoms with E-state index in [4.69, 9.17) is 4.74 Å². The second kappa shape index (κ2) is 9.03. The van der Waals surface area contributed by atoms with Crippen molar-refractivity contribution in [3.63, 3.8) is 0 Å². The van der Waals surface area contributed by atoms with Crippen molar-refractivity contribution in [3.8, 4) is 0 Å². The third kappa shape index (κ3) is 6.23. The number of hydrogen-bond donors (Lipinski definition) is 1. The summed E-state index contributed by atoms with van der Waals surface area (Å²) in [7, 11) is 0. The lowest BCUT2D eigenvalue weighted by Crippen LogP contribution is -2.29. The molecule has 0 heterocycles. The zero-order valence-corrected chi connectivity index (χ0v) is 13.9. The summed E-state index contributed by atoms with van der Waals surface area (Å²) < 4.78 is 42.2. The molecule has 2 rings (SSSR count). The molecule has 1 N–H and O–H groups in total. The molecular weight excluding hydrogens is 347 g/mol. The van der Waals surface area contributed by atoms with E-state index in [0.29, 0.717) is 6.54 Å². The lowest BCUT2D eigenvalue weighted by molar-refractivity contribution is -0.137.